The Kier molecular flexibility index (Phi) is 10.3. The summed E-state index contributed by atoms with van der Waals surface area (Å²) in [6, 6.07) is 14.7. The van der Waals surface area contributed by atoms with E-state index in [0.717, 1.165) is 101 Å². The van der Waals surface area contributed by atoms with Crippen LogP contribution in [0.2, 0.25) is 0 Å². The van der Waals surface area contributed by atoms with Crippen molar-refractivity contribution in [3.8, 4) is 0 Å². The largest absolute Gasteiger partial charge is 0.371 e. The van der Waals surface area contributed by atoms with Crippen LogP contribution < -0.4 is 26.2 Å². The molecule has 16 heteroatoms. The minimum Gasteiger partial charge on any atom is -0.371 e. The van der Waals surface area contributed by atoms with Gasteiger partial charge in [0.1, 0.15) is 11.5 Å². The van der Waals surface area contributed by atoms with Crippen molar-refractivity contribution in [2.75, 3.05) is 81.1 Å². The fourth-order valence-corrected chi connectivity index (χ4v) is 9.58. The summed E-state index contributed by atoms with van der Waals surface area (Å²) < 4.78 is 5.68. The Bertz CT molecular complexity index is 2200. The number of primary amides is 1. The molecule has 58 heavy (non-hydrogen) atoms. The number of imide groups is 1. The lowest BCUT2D eigenvalue weighted by Gasteiger charge is -2.37. The third-order valence-corrected chi connectivity index (χ3v) is 12.9. The summed E-state index contributed by atoms with van der Waals surface area (Å²) in [5.74, 6) is 0.365. The number of piperidine rings is 3. The van der Waals surface area contributed by atoms with E-state index in [1.807, 2.05) is 36.2 Å². The highest BCUT2D eigenvalue weighted by Gasteiger charge is 2.36. The highest BCUT2D eigenvalue weighted by molar-refractivity contribution is 6.02. The predicted molar refractivity (Wildman–Crippen MR) is 218 cm³/mol. The highest BCUT2D eigenvalue weighted by atomic mass is 16.5. The van der Waals surface area contributed by atoms with Crippen molar-refractivity contribution in [2.24, 2.45) is 11.7 Å². The molecular formula is C42H51N11O5. The third-order valence-electron chi connectivity index (χ3n) is 12.9. The van der Waals surface area contributed by atoms with Crippen LogP contribution in [0.3, 0.4) is 0 Å². The number of hydrogen-bond donors (Lipinski definition) is 3. The van der Waals surface area contributed by atoms with Crippen LogP contribution in [0.25, 0.3) is 11.0 Å². The van der Waals surface area contributed by atoms with Gasteiger partial charge in [-0.25, -0.2) is 14.8 Å². The minimum absolute atomic E-state index is 0.0703. The van der Waals surface area contributed by atoms with E-state index in [-0.39, 0.29) is 29.6 Å². The number of likely N-dealkylation sites (N-methyl/N-ethyl adjacent to an activating group) is 1. The second kappa shape index (κ2) is 15.9. The lowest BCUT2D eigenvalue weighted by atomic mass is 9.89. The number of anilines is 4. The molecule has 0 radical (unpaired) electrons. The monoisotopic (exact) mass is 789 g/mol. The number of aromatic nitrogens is 3. The van der Waals surface area contributed by atoms with Gasteiger partial charge in [-0.2, -0.15) is 0 Å². The second-order valence-corrected chi connectivity index (χ2v) is 16.6. The van der Waals surface area contributed by atoms with Gasteiger partial charge in [-0.15, -0.1) is 0 Å². The summed E-state index contributed by atoms with van der Waals surface area (Å²) in [6.45, 7) is 8.07. The molecule has 5 fully saturated rings. The molecule has 2 aromatic carbocycles. The molecule has 7 heterocycles. The third kappa shape index (κ3) is 7.64. The van der Waals surface area contributed by atoms with Crippen molar-refractivity contribution in [1.29, 1.82) is 0 Å². The highest BCUT2D eigenvalue weighted by Crippen LogP contribution is 2.35. The van der Waals surface area contributed by atoms with Crippen LogP contribution in [0.5, 0.6) is 0 Å². The predicted octanol–water partition coefficient (Wildman–Crippen LogP) is 4.02. The summed E-state index contributed by atoms with van der Waals surface area (Å²) in [5, 5.41) is 10.8. The molecule has 5 saturated heterocycles. The molecule has 304 valence electrons. The SMILES string of the molecule is CN1CCN([C@@H]2CCCN(c3cnc(C(N)=O)c(Nc4ccc(C5CCN(C[C@@H]6CCN(c7ccc8c(C9CCC(=O)NC9=O)noc8c7)C6)CC5)cc4)n3)C2)C1=O. The molecule has 5 aliphatic heterocycles. The quantitative estimate of drug-likeness (QED) is 0.196. The summed E-state index contributed by atoms with van der Waals surface area (Å²) in [7, 11) is 1.84. The second-order valence-electron chi connectivity index (χ2n) is 16.6. The molecule has 0 saturated carbocycles. The van der Waals surface area contributed by atoms with Crippen molar-refractivity contribution in [2.45, 2.75) is 62.8 Å². The molecule has 0 spiro atoms. The molecule has 9 rings (SSSR count). The molecule has 5 amide bonds. The van der Waals surface area contributed by atoms with Gasteiger partial charge in [0.05, 0.1) is 18.2 Å². The normalized spacial score (nSPS) is 23.6. The number of rotatable bonds is 10. The van der Waals surface area contributed by atoms with Crippen LogP contribution in [0.15, 0.2) is 53.2 Å². The van der Waals surface area contributed by atoms with E-state index in [0.29, 0.717) is 54.1 Å². The summed E-state index contributed by atoms with van der Waals surface area (Å²) in [6.07, 6.45) is 7.55. The molecule has 0 aliphatic carbocycles. The lowest BCUT2D eigenvalue weighted by Crippen LogP contribution is -2.49. The number of benzene rings is 2. The smallest absolute Gasteiger partial charge is 0.320 e. The van der Waals surface area contributed by atoms with Gasteiger partial charge in [0, 0.05) is 82.1 Å². The van der Waals surface area contributed by atoms with E-state index in [4.69, 9.17) is 15.2 Å². The van der Waals surface area contributed by atoms with Crippen molar-refractivity contribution in [3.05, 3.63) is 65.6 Å². The molecular weight excluding hydrogens is 739 g/mol. The maximum Gasteiger partial charge on any atom is 0.320 e. The first kappa shape index (κ1) is 37.8. The minimum atomic E-state index is -0.646. The van der Waals surface area contributed by atoms with Gasteiger partial charge >= 0.3 is 6.03 Å². The molecule has 4 aromatic rings. The van der Waals surface area contributed by atoms with Crippen molar-refractivity contribution < 1.29 is 23.7 Å². The van der Waals surface area contributed by atoms with Crippen LogP contribution >= 0.6 is 0 Å². The average Bonchev–Trinajstić information content (AvgIpc) is 3.97. The number of urea groups is 1. The van der Waals surface area contributed by atoms with E-state index in [1.165, 1.54) is 5.56 Å². The van der Waals surface area contributed by atoms with Crippen molar-refractivity contribution >= 4 is 57.7 Å². The summed E-state index contributed by atoms with van der Waals surface area (Å²) in [5.41, 5.74) is 10.3. The molecule has 4 N–H and O–H groups in total. The van der Waals surface area contributed by atoms with E-state index < -0.39 is 11.8 Å². The Hall–Kier alpha value is -5.77. The van der Waals surface area contributed by atoms with E-state index >= 15 is 0 Å². The first-order chi connectivity index (χ1) is 28.2. The number of carbonyl (C=O) groups is 4. The fourth-order valence-electron chi connectivity index (χ4n) is 9.58. The van der Waals surface area contributed by atoms with Crippen molar-refractivity contribution in [1.82, 2.24) is 35.1 Å². The van der Waals surface area contributed by atoms with Crippen molar-refractivity contribution in [3.63, 3.8) is 0 Å². The standard InChI is InChI=1S/C42H51N11O5/c1-49-19-20-53(42(49)57)31-3-2-15-52(25-31)35-22-44-38(39(43)55)40(46-35)45-29-6-4-27(5-7-29)28-13-16-50(17-14-28)23-26-12-18-51(24-26)30-8-9-32-34(21-30)58-48-37(32)33-10-11-36(54)47-41(33)56/h4-9,21-22,26,28,31,33H,2-3,10-20,23-25H2,1H3,(H2,43,55)(H,45,46)(H,47,54,56)/t26-,31+,33?/m0/s1. The number of nitrogens with zero attached hydrogens (tertiary/aromatic N) is 8. The summed E-state index contributed by atoms with van der Waals surface area (Å²) in [4.78, 5) is 69.2. The van der Waals surface area contributed by atoms with Gasteiger partial charge in [-0.1, -0.05) is 17.3 Å². The number of fused-ring (bicyclic) bond motifs is 1. The zero-order valence-electron chi connectivity index (χ0n) is 32.9. The Balaban J connectivity index is 0.772. The molecule has 1 unspecified atom stereocenters. The Morgan fingerprint density at radius 1 is 0.931 bits per heavy atom. The van der Waals surface area contributed by atoms with Crippen LogP contribution in [0.1, 0.15) is 78.5 Å². The van der Waals surface area contributed by atoms with Gasteiger partial charge in [0.2, 0.25) is 11.8 Å². The Morgan fingerprint density at radius 3 is 2.52 bits per heavy atom. The van der Waals surface area contributed by atoms with Crippen LogP contribution in [0, 0.1) is 5.92 Å². The van der Waals surface area contributed by atoms with Crippen LogP contribution in [0.4, 0.5) is 27.8 Å². The van der Waals surface area contributed by atoms with Gasteiger partial charge in [0.15, 0.2) is 17.1 Å². The zero-order valence-corrected chi connectivity index (χ0v) is 32.9. The number of carbonyl (C=O) groups excluding carboxylic acids is 4. The van der Waals surface area contributed by atoms with Crippen LogP contribution in [-0.2, 0) is 9.59 Å². The first-order valence-corrected chi connectivity index (χ1v) is 20.7. The summed E-state index contributed by atoms with van der Waals surface area (Å²) >= 11 is 0. The molecule has 5 aliphatic rings. The Labute approximate surface area is 337 Å². The Morgan fingerprint density at radius 2 is 1.76 bits per heavy atom. The zero-order chi connectivity index (χ0) is 39.9. The molecule has 0 bridgehead atoms. The van der Waals surface area contributed by atoms with E-state index in [9.17, 15) is 19.2 Å². The molecule has 3 atom stereocenters. The lowest BCUT2D eigenvalue weighted by molar-refractivity contribution is -0.134. The average molecular weight is 790 g/mol. The van der Waals surface area contributed by atoms with Gasteiger partial charge < -0.3 is 40.1 Å². The molecule has 16 nitrogen and oxygen atoms in total. The maximum atomic E-state index is 12.7. The topological polar surface area (TPSA) is 186 Å². The number of nitrogens with one attached hydrogen (secondary N) is 2. The maximum absolute atomic E-state index is 12.7. The fraction of sp³-hybridized carbons (Fsp3) is 0.500. The van der Waals surface area contributed by atoms with Gasteiger partial charge in [0.25, 0.3) is 5.91 Å². The number of amides is 5. The number of hydrogen-bond acceptors (Lipinski definition) is 12. The first-order valence-electron chi connectivity index (χ1n) is 20.7. The van der Waals surface area contributed by atoms with E-state index in [2.05, 4.69) is 53.7 Å². The van der Waals surface area contributed by atoms with Gasteiger partial charge in [-0.05, 0) is 93.3 Å². The number of nitrogens with two attached hydrogens (primary N) is 1. The molecule has 2 aromatic heterocycles. The van der Waals surface area contributed by atoms with Crippen LogP contribution in [-0.4, -0.2) is 126 Å². The van der Waals surface area contributed by atoms with E-state index in [1.54, 1.807) is 11.1 Å². The number of likely N-dealkylation sites (tertiary alicyclic amines) is 1. The van der Waals surface area contributed by atoms with Gasteiger partial charge in [-0.3, -0.25) is 19.7 Å².